The zero-order valence-electron chi connectivity index (χ0n) is 12.3. The Morgan fingerprint density at radius 1 is 1.24 bits per heavy atom. The van der Waals surface area contributed by atoms with Gasteiger partial charge in [0, 0.05) is 11.0 Å². The molecule has 0 bridgehead atoms. The van der Waals surface area contributed by atoms with Gasteiger partial charge in [0.2, 0.25) is 0 Å². The van der Waals surface area contributed by atoms with Gasteiger partial charge in [0.15, 0.2) is 11.5 Å². The molecule has 0 aliphatic rings. The molecule has 21 heavy (non-hydrogen) atoms. The summed E-state index contributed by atoms with van der Waals surface area (Å²) in [6.07, 6.45) is -0.0771. The molecule has 2 aromatic rings. The van der Waals surface area contributed by atoms with Crippen LogP contribution >= 0.6 is 0 Å². The maximum atomic E-state index is 11.7. The van der Waals surface area contributed by atoms with E-state index in [2.05, 4.69) is 6.58 Å². The van der Waals surface area contributed by atoms with Crippen LogP contribution in [0.4, 0.5) is 0 Å². The highest BCUT2D eigenvalue weighted by molar-refractivity contribution is 5.94. The second kappa shape index (κ2) is 5.87. The van der Waals surface area contributed by atoms with E-state index in [4.69, 9.17) is 9.47 Å². The predicted molar refractivity (Wildman–Crippen MR) is 81.8 cm³/mol. The Balaban J connectivity index is 2.56. The first-order valence-corrected chi connectivity index (χ1v) is 6.68. The SMILES string of the molecule is C=C(C)C(=O)Oc1ccc2cc(O)ccc2c1OC(C)C. The minimum Gasteiger partial charge on any atom is -0.508 e. The number of carbonyl (C=O) groups excluding carboxylic acids is 1. The number of fused-ring (bicyclic) bond motifs is 1. The van der Waals surface area contributed by atoms with E-state index in [0.717, 1.165) is 10.8 Å². The number of aromatic hydroxyl groups is 1. The number of benzene rings is 2. The van der Waals surface area contributed by atoms with Gasteiger partial charge in [-0.2, -0.15) is 0 Å². The van der Waals surface area contributed by atoms with Gasteiger partial charge < -0.3 is 14.6 Å². The standard InChI is InChI=1S/C17H18O4/c1-10(2)17(19)21-15-8-5-12-9-13(18)6-7-14(12)16(15)20-11(3)4/h5-9,11,18H,1H2,2-4H3. The molecule has 0 spiro atoms. The maximum absolute atomic E-state index is 11.7. The molecule has 0 heterocycles. The molecule has 0 amide bonds. The van der Waals surface area contributed by atoms with Gasteiger partial charge in [-0.15, -0.1) is 0 Å². The molecule has 0 aliphatic heterocycles. The molecule has 0 atom stereocenters. The lowest BCUT2D eigenvalue weighted by atomic mass is 10.1. The first kappa shape index (κ1) is 14.9. The van der Waals surface area contributed by atoms with Crippen LogP contribution in [0.5, 0.6) is 17.2 Å². The number of phenols is 1. The summed E-state index contributed by atoms with van der Waals surface area (Å²) in [4.78, 5) is 11.7. The third-order valence-electron chi connectivity index (χ3n) is 2.82. The number of hydrogen-bond donors (Lipinski definition) is 1. The third-order valence-corrected chi connectivity index (χ3v) is 2.82. The lowest BCUT2D eigenvalue weighted by Crippen LogP contribution is -2.12. The van der Waals surface area contributed by atoms with Crippen molar-refractivity contribution in [2.45, 2.75) is 26.9 Å². The topological polar surface area (TPSA) is 55.8 Å². The van der Waals surface area contributed by atoms with Crippen LogP contribution in [0.1, 0.15) is 20.8 Å². The van der Waals surface area contributed by atoms with Crippen LogP contribution in [0.2, 0.25) is 0 Å². The van der Waals surface area contributed by atoms with Gasteiger partial charge in [0.05, 0.1) is 6.10 Å². The van der Waals surface area contributed by atoms with Crippen LogP contribution in [-0.4, -0.2) is 17.2 Å². The van der Waals surface area contributed by atoms with Crippen molar-refractivity contribution in [1.82, 2.24) is 0 Å². The second-order valence-corrected chi connectivity index (χ2v) is 5.13. The molecule has 1 N–H and O–H groups in total. The molecule has 4 heteroatoms. The monoisotopic (exact) mass is 286 g/mol. The van der Waals surface area contributed by atoms with Crippen LogP contribution < -0.4 is 9.47 Å². The molecule has 2 rings (SSSR count). The molecule has 0 radical (unpaired) electrons. The van der Waals surface area contributed by atoms with E-state index in [1.54, 1.807) is 37.3 Å². The fourth-order valence-electron chi connectivity index (χ4n) is 1.89. The highest BCUT2D eigenvalue weighted by Crippen LogP contribution is 2.38. The van der Waals surface area contributed by atoms with E-state index in [1.807, 2.05) is 13.8 Å². The molecule has 0 fully saturated rings. The van der Waals surface area contributed by atoms with Crippen molar-refractivity contribution in [1.29, 1.82) is 0 Å². The Morgan fingerprint density at radius 3 is 2.57 bits per heavy atom. The van der Waals surface area contributed by atoms with E-state index < -0.39 is 5.97 Å². The highest BCUT2D eigenvalue weighted by atomic mass is 16.6. The summed E-state index contributed by atoms with van der Waals surface area (Å²) in [5.41, 5.74) is 0.316. The Hall–Kier alpha value is -2.49. The van der Waals surface area contributed by atoms with Gasteiger partial charge in [-0.05, 0) is 50.4 Å². The molecule has 4 nitrogen and oxygen atoms in total. The first-order valence-electron chi connectivity index (χ1n) is 6.68. The molecule has 2 aromatic carbocycles. The minimum absolute atomic E-state index is 0.0771. The van der Waals surface area contributed by atoms with Crippen molar-refractivity contribution in [3.05, 3.63) is 42.5 Å². The molecule has 110 valence electrons. The van der Waals surface area contributed by atoms with E-state index in [9.17, 15) is 9.90 Å². The number of esters is 1. The fraction of sp³-hybridized carbons (Fsp3) is 0.235. The van der Waals surface area contributed by atoms with E-state index in [1.165, 1.54) is 0 Å². The Bertz CT molecular complexity index is 701. The zero-order valence-corrected chi connectivity index (χ0v) is 12.3. The summed E-state index contributed by atoms with van der Waals surface area (Å²) in [6, 6.07) is 8.36. The Morgan fingerprint density at radius 2 is 1.95 bits per heavy atom. The number of hydrogen-bond acceptors (Lipinski definition) is 4. The van der Waals surface area contributed by atoms with Crippen molar-refractivity contribution in [2.24, 2.45) is 0 Å². The summed E-state index contributed by atoms with van der Waals surface area (Å²) >= 11 is 0. The second-order valence-electron chi connectivity index (χ2n) is 5.13. The van der Waals surface area contributed by atoms with Crippen molar-refractivity contribution in [3.8, 4) is 17.2 Å². The van der Waals surface area contributed by atoms with Crippen molar-refractivity contribution in [3.63, 3.8) is 0 Å². The van der Waals surface area contributed by atoms with Crippen molar-refractivity contribution >= 4 is 16.7 Å². The van der Waals surface area contributed by atoms with E-state index in [0.29, 0.717) is 17.1 Å². The lowest BCUT2D eigenvalue weighted by molar-refractivity contribution is -0.130. The van der Waals surface area contributed by atoms with Crippen LogP contribution in [-0.2, 0) is 4.79 Å². The molecule has 0 aliphatic carbocycles. The molecule has 0 saturated heterocycles. The fourth-order valence-corrected chi connectivity index (χ4v) is 1.89. The summed E-state index contributed by atoms with van der Waals surface area (Å²) < 4.78 is 11.1. The summed E-state index contributed by atoms with van der Waals surface area (Å²) in [7, 11) is 0. The maximum Gasteiger partial charge on any atom is 0.338 e. The van der Waals surface area contributed by atoms with Gasteiger partial charge in [-0.3, -0.25) is 0 Å². The van der Waals surface area contributed by atoms with Gasteiger partial charge in [0.1, 0.15) is 5.75 Å². The molecule has 0 saturated carbocycles. The first-order chi connectivity index (χ1) is 9.88. The zero-order chi connectivity index (χ0) is 15.6. The van der Waals surface area contributed by atoms with E-state index >= 15 is 0 Å². The van der Waals surface area contributed by atoms with Crippen LogP contribution in [0.3, 0.4) is 0 Å². The van der Waals surface area contributed by atoms with Crippen LogP contribution in [0.15, 0.2) is 42.5 Å². The highest BCUT2D eigenvalue weighted by Gasteiger charge is 2.15. The van der Waals surface area contributed by atoms with Crippen LogP contribution in [0.25, 0.3) is 10.8 Å². The van der Waals surface area contributed by atoms with Gasteiger partial charge in [-0.25, -0.2) is 4.79 Å². The van der Waals surface area contributed by atoms with E-state index in [-0.39, 0.29) is 11.9 Å². The van der Waals surface area contributed by atoms with Gasteiger partial charge in [0.25, 0.3) is 0 Å². The summed E-state index contributed by atoms with van der Waals surface area (Å²) in [5, 5.41) is 11.1. The molecular weight excluding hydrogens is 268 g/mol. The molecule has 0 unspecified atom stereocenters. The smallest absolute Gasteiger partial charge is 0.338 e. The Labute approximate surface area is 123 Å². The largest absolute Gasteiger partial charge is 0.508 e. The van der Waals surface area contributed by atoms with Gasteiger partial charge >= 0.3 is 5.97 Å². The third kappa shape index (κ3) is 3.34. The van der Waals surface area contributed by atoms with Crippen molar-refractivity contribution < 1.29 is 19.4 Å². The number of phenolic OH excluding ortho intramolecular Hbond substituents is 1. The number of rotatable bonds is 4. The average molecular weight is 286 g/mol. The summed E-state index contributed by atoms with van der Waals surface area (Å²) in [5.74, 6) is 0.499. The number of ether oxygens (including phenoxy) is 2. The summed E-state index contributed by atoms with van der Waals surface area (Å²) in [6.45, 7) is 8.94. The van der Waals surface area contributed by atoms with Crippen molar-refractivity contribution in [2.75, 3.05) is 0 Å². The Kier molecular flexibility index (Phi) is 4.17. The predicted octanol–water partition coefficient (Wildman–Crippen LogP) is 3.81. The lowest BCUT2D eigenvalue weighted by Gasteiger charge is -2.16. The minimum atomic E-state index is -0.498. The normalized spacial score (nSPS) is 10.7. The molecular formula is C17H18O4. The quantitative estimate of drug-likeness (QED) is 0.527. The van der Waals surface area contributed by atoms with Gasteiger partial charge in [-0.1, -0.05) is 12.6 Å². The molecule has 0 aromatic heterocycles. The number of carbonyl (C=O) groups is 1. The van der Waals surface area contributed by atoms with Crippen LogP contribution in [0, 0.1) is 0 Å². The average Bonchev–Trinajstić information content (AvgIpc) is 2.40.